The van der Waals surface area contributed by atoms with Gasteiger partial charge in [0.15, 0.2) is 0 Å². The van der Waals surface area contributed by atoms with Gasteiger partial charge in [0.25, 0.3) is 0 Å². The minimum atomic E-state index is -0.953. The summed E-state index contributed by atoms with van der Waals surface area (Å²) < 4.78 is 0. The van der Waals surface area contributed by atoms with E-state index in [4.69, 9.17) is 5.11 Å². The van der Waals surface area contributed by atoms with Crippen molar-refractivity contribution in [3.05, 3.63) is 53.5 Å². The van der Waals surface area contributed by atoms with Gasteiger partial charge in [0.2, 0.25) is 0 Å². The number of aryl methyl sites for hydroxylation is 1. The van der Waals surface area contributed by atoms with Gasteiger partial charge < -0.3 is 10.0 Å². The molecule has 0 aliphatic rings. The second-order valence-corrected chi connectivity index (χ2v) is 4.33. The van der Waals surface area contributed by atoms with E-state index in [2.05, 4.69) is 9.97 Å². The minimum Gasteiger partial charge on any atom is -0.478 e. The molecule has 0 aliphatic heterocycles. The van der Waals surface area contributed by atoms with Crippen molar-refractivity contribution in [2.24, 2.45) is 0 Å². The SMILES string of the molecule is Cc1cccc(CN(C)c2cc(C(=O)O)ccn2)n1. The molecular formula is C14H15N3O2. The number of hydrogen-bond acceptors (Lipinski definition) is 4. The maximum absolute atomic E-state index is 10.9. The first kappa shape index (κ1) is 13.0. The molecule has 2 heterocycles. The Labute approximate surface area is 111 Å². The first-order valence-corrected chi connectivity index (χ1v) is 5.89. The van der Waals surface area contributed by atoms with E-state index in [1.807, 2.05) is 37.1 Å². The number of pyridine rings is 2. The average molecular weight is 257 g/mol. The zero-order valence-electron chi connectivity index (χ0n) is 10.9. The van der Waals surface area contributed by atoms with Crippen LogP contribution in [0.25, 0.3) is 0 Å². The van der Waals surface area contributed by atoms with Crippen molar-refractivity contribution >= 4 is 11.8 Å². The second-order valence-electron chi connectivity index (χ2n) is 4.33. The number of carbonyl (C=O) groups is 1. The van der Waals surface area contributed by atoms with Crippen molar-refractivity contribution in [1.29, 1.82) is 0 Å². The molecule has 0 saturated carbocycles. The van der Waals surface area contributed by atoms with Crippen LogP contribution in [0.1, 0.15) is 21.7 Å². The third-order valence-corrected chi connectivity index (χ3v) is 2.73. The monoisotopic (exact) mass is 257 g/mol. The van der Waals surface area contributed by atoms with E-state index in [0.717, 1.165) is 11.4 Å². The first-order valence-electron chi connectivity index (χ1n) is 5.89. The molecule has 0 unspecified atom stereocenters. The Morgan fingerprint density at radius 3 is 2.84 bits per heavy atom. The lowest BCUT2D eigenvalue weighted by Crippen LogP contribution is -2.19. The predicted octanol–water partition coefficient (Wildman–Crippen LogP) is 2.12. The van der Waals surface area contributed by atoms with Crippen LogP contribution in [0, 0.1) is 6.92 Å². The zero-order chi connectivity index (χ0) is 13.8. The van der Waals surface area contributed by atoms with Crippen molar-refractivity contribution in [3.63, 3.8) is 0 Å². The van der Waals surface area contributed by atoms with Crippen LogP contribution >= 0.6 is 0 Å². The van der Waals surface area contributed by atoms with E-state index < -0.39 is 5.97 Å². The molecule has 2 aromatic rings. The minimum absolute atomic E-state index is 0.231. The van der Waals surface area contributed by atoms with Crippen molar-refractivity contribution in [3.8, 4) is 0 Å². The number of nitrogens with zero attached hydrogens (tertiary/aromatic N) is 3. The highest BCUT2D eigenvalue weighted by Gasteiger charge is 2.08. The Morgan fingerprint density at radius 1 is 1.37 bits per heavy atom. The van der Waals surface area contributed by atoms with Gasteiger partial charge in [0, 0.05) is 18.9 Å². The molecule has 0 bridgehead atoms. The van der Waals surface area contributed by atoms with E-state index in [1.54, 1.807) is 6.07 Å². The summed E-state index contributed by atoms with van der Waals surface area (Å²) in [6.45, 7) is 2.52. The number of carboxylic acids is 1. The number of rotatable bonds is 4. The molecular weight excluding hydrogens is 242 g/mol. The Kier molecular flexibility index (Phi) is 3.75. The number of hydrogen-bond donors (Lipinski definition) is 1. The standard InChI is InChI=1S/C14H15N3O2/c1-10-4-3-5-12(16-10)9-17(2)13-8-11(14(18)19)6-7-15-13/h3-8H,9H2,1-2H3,(H,18,19). The van der Waals surface area contributed by atoms with E-state index in [1.165, 1.54) is 12.3 Å². The largest absolute Gasteiger partial charge is 0.478 e. The van der Waals surface area contributed by atoms with Gasteiger partial charge in [-0.2, -0.15) is 0 Å². The van der Waals surface area contributed by atoms with Crippen molar-refractivity contribution in [2.75, 3.05) is 11.9 Å². The molecule has 0 saturated heterocycles. The molecule has 2 rings (SSSR count). The number of aromatic carboxylic acids is 1. The summed E-state index contributed by atoms with van der Waals surface area (Å²) in [6.07, 6.45) is 1.50. The molecule has 0 fully saturated rings. The molecule has 1 N–H and O–H groups in total. The van der Waals surface area contributed by atoms with Crippen LogP contribution in [0.15, 0.2) is 36.5 Å². The fraction of sp³-hybridized carbons (Fsp3) is 0.214. The summed E-state index contributed by atoms with van der Waals surface area (Å²) in [4.78, 5) is 21.4. The van der Waals surface area contributed by atoms with Crippen LogP contribution in [-0.4, -0.2) is 28.1 Å². The lowest BCUT2D eigenvalue weighted by molar-refractivity contribution is 0.0697. The van der Waals surface area contributed by atoms with Gasteiger partial charge in [-0.15, -0.1) is 0 Å². The smallest absolute Gasteiger partial charge is 0.335 e. The van der Waals surface area contributed by atoms with Gasteiger partial charge in [-0.25, -0.2) is 9.78 Å². The molecule has 0 aromatic carbocycles. The second kappa shape index (κ2) is 5.48. The van der Waals surface area contributed by atoms with Gasteiger partial charge in [-0.05, 0) is 31.2 Å². The highest BCUT2D eigenvalue weighted by atomic mass is 16.4. The Hall–Kier alpha value is -2.43. The fourth-order valence-electron chi connectivity index (χ4n) is 1.77. The topological polar surface area (TPSA) is 66.3 Å². The first-order chi connectivity index (χ1) is 9.06. The maximum atomic E-state index is 10.9. The van der Waals surface area contributed by atoms with Crippen LogP contribution in [-0.2, 0) is 6.54 Å². The van der Waals surface area contributed by atoms with E-state index in [9.17, 15) is 4.79 Å². The highest BCUT2D eigenvalue weighted by molar-refractivity contribution is 5.88. The van der Waals surface area contributed by atoms with Crippen LogP contribution < -0.4 is 4.90 Å². The lowest BCUT2D eigenvalue weighted by Gasteiger charge is -2.18. The number of aromatic nitrogens is 2. The molecule has 2 aromatic heterocycles. The Balaban J connectivity index is 2.18. The summed E-state index contributed by atoms with van der Waals surface area (Å²) in [7, 11) is 1.86. The lowest BCUT2D eigenvalue weighted by atomic mass is 10.2. The third-order valence-electron chi connectivity index (χ3n) is 2.73. The predicted molar refractivity (Wildman–Crippen MR) is 72.3 cm³/mol. The summed E-state index contributed by atoms with van der Waals surface area (Å²) in [5, 5.41) is 8.96. The molecule has 0 spiro atoms. The normalized spacial score (nSPS) is 10.2. The van der Waals surface area contributed by atoms with Gasteiger partial charge >= 0.3 is 5.97 Å². The van der Waals surface area contributed by atoms with Crippen LogP contribution in [0.2, 0.25) is 0 Å². The van der Waals surface area contributed by atoms with Gasteiger partial charge in [0.05, 0.1) is 17.8 Å². The quantitative estimate of drug-likeness (QED) is 0.908. The van der Waals surface area contributed by atoms with Crippen LogP contribution in [0.3, 0.4) is 0 Å². The molecule has 0 amide bonds. The summed E-state index contributed by atoms with van der Waals surface area (Å²) in [6, 6.07) is 8.85. The molecule has 0 radical (unpaired) electrons. The van der Waals surface area contributed by atoms with Gasteiger partial charge in [-0.1, -0.05) is 6.07 Å². The van der Waals surface area contributed by atoms with Crippen LogP contribution in [0.4, 0.5) is 5.82 Å². The molecule has 19 heavy (non-hydrogen) atoms. The van der Waals surface area contributed by atoms with E-state index in [0.29, 0.717) is 12.4 Å². The third kappa shape index (κ3) is 3.28. The molecule has 5 nitrogen and oxygen atoms in total. The van der Waals surface area contributed by atoms with Gasteiger partial charge in [0.1, 0.15) is 5.82 Å². The highest BCUT2D eigenvalue weighted by Crippen LogP contribution is 2.13. The van der Waals surface area contributed by atoms with Crippen molar-refractivity contribution < 1.29 is 9.90 Å². The molecule has 0 atom stereocenters. The summed E-state index contributed by atoms with van der Waals surface area (Å²) in [5.74, 6) is -0.339. The van der Waals surface area contributed by atoms with E-state index in [-0.39, 0.29) is 5.56 Å². The number of carboxylic acid groups (broad SMARTS) is 1. The van der Waals surface area contributed by atoms with Crippen molar-refractivity contribution in [2.45, 2.75) is 13.5 Å². The van der Waals surface area contributed by atoms with Gasteiger partial charge in [-0.3, -0.25) is 4.98 Å². The molecule has 0 aliphatic carbocycles. The fourth-order valence-corrected chi connectivity index (χ4v) is 1.77. The molecule has 5 heteroatoms. The maximum Gasteiger partial charge on any atom is 0.335 e. The van der Waals surface area contributed by atoms with Crippen LogP contribution in [0.5, 0.6) is 0 Å². The molecule has 98 valence electrons. The zero-order valence-corrected chi connectivity index (χ0v) is 10.9. The summed E-state index contributed by atoms with van der Waals surface area (Å²) >= 11 is 0. The average Bonchev–Trinajstić information content (AvgIpc) is 2.39. The van der Waals surface area contributed by atoms with Crippen molar-refractivity contribution in [1.82, 2.24) is 9.97 Å². The Bertz CT molecular complexity index is 599. The number of anilines is 1. The summed E-state index contributed by atoms with van der Waals surface area (Å²) in [5.41, 5.74) is 2.11. The Morgan fingerprint density at radius 2 is 2.16 bits per heavy atom. The van der Waals surface area contributed by atoms with E-state index >= 15 is 0 Å².